The lowest BCUT2D eigenvalue weighted by Gasteiger charge is -2.20. The summed E-state index contributed by atoms with van der Waals surface area (Å²) in [6.45, 7) is 4.21. The molecular weight excluding hydrogens is 294 g/mol. The van der Waals surface area contributed by atoms with E-state index in [9.17, 15) is 0 Å². The predicted octanol–water partition coefficient (Wildman–Crippen LogP) is 2.82. The Labute approximate surface area is 133 Å². The lowest BCUT2D eigenvalue weighted by Crippen LogP contribution is -2.28. The lowest BCUT2D eigenvalue weighted by atomic mass is 9.97. The summed E-state index contributed by atoms with van der Waals surface area (Å²) in [6, 6.07) is 4.26. The first-order chi connectivity index (χ1) is 10.7. The van der Waals surface area contributed by atoms with Crippen molar-refractivity contribution < 1.29 is 0 Å². The fraction of sp³-hybridized carbons (Fsp3) is 0.375. The Bertz CT molecular complexity index is 813. The summed E-state index contributed by atoms with van der Waals surface area (Å²) in [4.78, 5) is 11.6. The Morgan fingerprint density at radius 3 is 3.05 bits per heavy atom. The van der Waals surface area contributed by atoms with Gasteiger partial charge in [-0.15, -0.1) is 11.3 Å². The molecule has 0 spiro atoms. The summed E-state index contributed by atoms with van der Waals surface area (Å²) in [7, 11) is 0. The summed E-state index contributed by atoms with van der Waals surface area (Å²) < 4.78 is 2.09. The fourth-order valence-corrected chi connectivity index (χ4v) is 3.94. The minimum Gasteiger partial charge on any atom is -0.381 e. The average Bonchev–Trinajstić information content (AvgIpc) is 3.16. The number of thiophene rings is 1. The van der Waals surface area contributed by atoms with Gasteiger partial charge >= 0.3 is 0 Å². The number of piperidine rings is 1. The molecule has 1 aliphatic rings. The highest BCUT2D eigenvalue weighted by Crippen LogP contribution is 2.31. The van der Waals surface area contributed by atoms with E-state index in [1.165, 1.54) is 22.6 Å². The van der Waals surface area contributed by atoms with E-state index >= 15 is 0 Å². The summed E-state index contributed by atoms with van der Waals surface area (Å²) in [5, 5.41) is 3.45. The first kappa shape index (κ1) is 13.7. The molecule has 0 amide bonds. The zero-order valence-corrected chi connectivity index (χ0v) is 13.4. The SMILES string of the molecule is Cc1ccc(-c2cnc(N)c3nc(C4CCCNC4)cn23)s1. The normalized spacial score (nSPS) is 18.9. The number of nitrogen functional groups attached to an aromatic ring is 1. The standard InChI is InChI=1S/C16H19N5S/c1-10-4-5-14(22-10)13-8-19-15(17)16-20-12(9-21(13)16)11-3-2-6-18-7-11/h4-5,8-9,11,18H,2-3,6-7H2,1H3,(H2,17,19). The number of nitrogens with one attached hydrogen (secondary N) is 1. The summed E-state index contributed by atoms with van der Waals surface area (Å²) >= 11 is 1.76. The molecule has 3 aromatic rings. The number of imidazole rings is 1. The van der Waals surface area contributed by atoms with Crippen molar-refractivity contribution in [1.82, 2.24) is 19.7 Å². The van der Waals surface area contributed by atoms with Gasteiger partial charge in [-0.25, -0.2) is 9.97 Å². The number of nitrogens with two attached hydrogens (primary N) is 1. The molecule has 0 saturated carbocycles. The van der Waals surface area contributed by atoms with Crippen LogP contribution in [0.5, 0.6) is 0 Å². The molecule has 3 aromatic heterocycles. The van der Waals surface area contributed by atoms with Crippen LogP contribution in [0.3, 0.4) is 0 Å². The third-order valence-corrected chi connectivity index (χ3v) is 5.27. The van der Waals surface area contributed by atoms with Crippen LogP contribution < -0.4 is 11.1 Å². The molecule has 1 atom stereocenters. The summed E-state index contributed by atoms with van der Waals surface area (Å²) in [5.74, 6) is 0.956. The van der Waals surface area contributed by atoms with Crippen LogP contribution in [0.4, 0.5) is 5.82 Å². The molecule has 1 saturated heterocycles. The van der Waals surface area contributed by atoms with Crippen LogP contribution in [-0.2, 0) is 0 Å². The zero-order valence-electron chi connectivity index (χ0n) is 12.5. The van der Waals surface area contributed by atoms with Gasteiger partial charge in [-0.05, 0) is 38.4 Å². The molecule has 1 aliphatic heterocycles. The van der Waals surface area contributed by atoms with E-state index in [0.29, 0.717) is 11.7 Å². The van der Waals surface area contributed by atoms with Crippen LogP contribution >= 0.6 is 11.3 Å². The molecule has 0 radical (unpaired) electrons. The maximum Gasteiger partial charge on any atom is 0.180 e. The van der Waals surface area contributed by atoms with Gasteiger partial charge in [0.1, 0.15) is 0 Å². The fourth-order valence-electron chi connectivity index (χ4n) is 3.07. The molecule has 22 heavy (non-hydrogen) atoms. The Kier molecular flexibility index (Phi) is 3.35. The minimum absolute atomic E-state index is 0.464. The van der Waals surface area contributed by atoms with Crippen molar-refractivity contribution in [3.63, 3.8) is 0 Å². The van der Waals surface area contributed by atoms with Crippen LogP contribution in [0.15, 0.2) is 24.5 Å². The predicted molar refractivity (Wildman–Crippen MR) is 90.3 cm³/mol. The average molecular weight is 313 g/mol. The highest BCUT2D eigenvalue weighted by Gasteiger charge is 2.20. The molecule has 3 N–H and O–H groups in total. The van der Waals surface area contributed by atoms with E-state index in [0.717, 1.165) is 30.1 Å². The Balaban J connectivity index is 1.85. The van der Waals surface area contributed by atoms with Crippen LogP contribution in [0, 0.1) is 6.92 Å². The third-order valence-electron chi connectivity index (χ3n) is 4.25. The molecule has 5 nitrogen and oxygen atoms in total. The number of nitrogens with zero attached hydrogens (tertiary/aromatic N) is 3. The maximum absolute atomic E-state index is 6.04. The van der Waals surface area contributed by atoms with Gasteiger partial charge < -0.3 is 11.1 Å². The second-order valence-corrected chi connectivity index (χ2v) is 7.13. The zero-order chi connectivity index (χ0) is 15.1. The number of fused-ring (bicyclic) bond motifs is 1. The van der Waals surface area contributed by atoms with Crippen molar-refractivity contribution in [2.75, 3.05) is 18.8 Å². The lowest BCUT2D eigenvalue weighted by molar-refractivity contribution is 0.456. The molecule has 0 aliphatic carbocycles. The van der Waals surface area contributed by atoms with Crippen molar-refractivity contribution in [3.05, 3.63) is 35.1 Å². The Morgan fingerprint density at radius 2 is 2.32 bits per heavy atom. The van der Waals surface area contributed by atoms with Crippen molar-refractivity contribution in [1.29, 1.82) is 0 Å². The molecule has 4 heterocycles. The van der Waals surface area contributed by atoms with Crippen molar-refractivity contribution >= 4 is 22.8 Å². The quantitative estimate of drug-likeness (QED) is 0.763. The molecular formula is C16H19N5S. The molecule has 1 fully saturated rings. The molecule has 1 unspecified atom stereocenters. The van der Waals surface area contributed by atoms with Gasteiger partial charge in [0.25, 0.3) is 0 Å². The second-order valence-electron chi connectivity index (χ2n) is 5.84. The number of aryl methyl sites for hydroxylation is 1. The highest BCUT2D eigenvalue weighted by atomic mass is 32.1. The topological polar surface area (TPSA) is 68.2 Å². The molecule has 4 rings (SSSR count). The number of aromatic nitrogens is 3. The van der Waals surface area contributed by atoms with E-state index in [1.807, 2.05) is 6.20 Å². The van der Waals surface area contributed by atoms with Gasteiger partial charge in [-0.3, -0.25) is 4.40 Å². The summed E-state index contributed by atoms with van der Waals surface area (Å²) in [5.41, 5.74) is 8.98. The first-order valence-electron chi connectivity index (χ1n) is 7.63. The minimum atomic E-state index is 0.464. The van der Waals surface area contributed by atoms with Crippen LogP contribution in [0.2, 0.25) is 0 Å². The largest absolute Gasteiger partial charge is 0.381 e. The molecule has 0 aromatic carbocycles. The van der Waals surface area contributed by atoms with E-state index in [2.05, 4.69) is 40.0 Å². The number of anilines is 1. The maximum atomic E-state index is 6.04. The van der Waals surface area contributed by atoms with Crippen molar-refractivity contribution in [2.24, 2.45) is 0 Å². The van der Waals surface area contributed by atoms with Gasteiger partial charge in [0.2, 0.25) is 0 Å². The monoisotopic (exact) mass is 313 g/mol. The Morgan fingerprint density at radius 1 is 1.41 bits per heavy atom. The van der Waals surface area contributed by atoms with E-state index < -0.39 is 0 Å². The highest BCUT2D eigenvalue weighted by molar-refractivity contribution is 7.15. The molecule has 0 bridgehead atoms. The number of rotatable bonds is 2. The van der Waals surface area contributed by atoms with Gasteiger partial charge in [0.15, 0.2) is 11.5 Å². The van der Waals surface area contributed by atoms with Crippen LogP contribution in [0.1, 0.15) is 29.3 Å². The van der Waals surface area contributed by atoms with Crippen molar-refractivity contribution in [3.8, 4) is 10.6 Å². The molecule has 114 valence electrons. The van der Waals surface area contributed by atoms with Gasteiger partial charge in [0, 0.05) is 23.5 Å². The smallest absolute Gasteiger partial charge is 0.180 e. The van der Waals surface area contributed by atoms with Gasteiger partial charge in [0.05, 0.1) is 22.5 Å². The van der Waals surface area contributed by atoms with Gasteiger partial charge in [-0.1, -0.05) is 0 Å². The number of hydrogen-bond donors (Lipinski definition) is 2. The second kappa shape index (κ2) is 5.37. The van der Waals surface area contributed by atoms with E-state index in [1.54, 1.807) is 11.3 Å². The third kappa shape index (κ3) is 2.28. The molecule has 6 heteroatoms. The summed E-state index contributed by atoms with van der Waals surface area (Å²) in [6.07, 6.45) is 6.36. The van der Waals surface area contributed by atoms with E-state index in [-0.39, 0.29) is 0 Å². The van der Waals surface area contributed by atoms with Crippen molar-refractivity contribution in [2.45, 2.75) is 25.7 Å². The van der Waals surface area contributed by atoms with Gasteiger partial charge in [-0.2, -0.15) is 0 Å². The Hall–Kier alpha value is -1.92. The van der Waals surface area contributed by atoms with Crippen LogP contribution in [0.25, 0.3) is 16.2 Å². The van der Waals surface area contributed by atoms with Crippen LogP contribution in [-0.4, -0.2) is 27.5 Å². The first-order valence-corrected chi connectivity index (χ1v) is 8.45. The van der Waals surface area contributed by atoms with E-state index in [4.69, 9.17) is 10.7 Å². The number of hydrogen-bond acceptors (Lipinski definition) is 5.